The molecule has 0 amide bonds. The maximum atomic E-state index is 9.18. The quantitative estimate of drug-likeness (QED) is 0.567. The van der Waals surface area contributed by atoms with Gasteiger partial charge in [-0.15, -0.1) is 0 Å². The zero-order valence-electron chi connectivity index (χ0n) is 6.12. The summed E-state index contributed by atoms with van der Waals surface area (Å²) >= 11 is 4.41. The molecule has 2 rings (SSSR count). The molecule has 2 heteroatoms. The monoisotopic (exact) mass is 166 g/mol. The molecule has 1 N–H and O–H groups in total. The number of hydrogen-bond donors (Lipinski definition) is 2. The van der Waals surface area contributed by atoms with Crippen LogP contribution in [-0.4, -0.2) is 5.11 Å². The summed E-state index contributed by atoms with van der Waals surface area (Å²) in [5.74, 6) is 0.352. The maximum absolute atomic E-state index is 9.18. The Bertz CT molecular complexity index is 283. The smallest absolute Gasteiger partial charge is 0.115 e. The molecular formula is C9H10OS. The normalized spacial score (nSPS) is 21.7. The second-order valence-electron chi connectivity index (χ2n) is 2.94. The minimum absolute atomic E-state index is 0.331. The van der Waals surface area contributed by atoms with Crippen molar-refractivity contribution in [3.05, 3.63) is 29.3 Å². The van der Waals surface area contributed by atoms with Crippen LogP contribution in [0.5, 0.6) is 5.75 Å². The molecule has 1 aliphatic rings. The fraction of sp³-hybridized carbons (Fsp3) is 0.333. The molecule has 58 valence electrons. The second-order valence-corrected chi connectivity index (χ2v) is 3.56. The van der Waals surface area contributed by atoms with Gasteiger partial charge in [0.05, 0.1) is 0 Å². The van der Waals surface area contributed by atoms with Crippen molar-refractivity contribution in [2.45, 2.75) is 18.1 Å². The van der Waals surface area contributed by atoms with E-state index >= 15 is 0 Å². The highest BCUT2D eigenvalue weighted by Crippen LogP contribution is 2.37. The van der Waals surface area contributed by atoms with Crippen LogP contribution in [-0.2, 0) is 6.42 Å². The molecule has 11 heavy (non-hydrogen) atoms. The number of fused-ring (bicyclic) bond motifs is 1. The van der Waals surface area contributed by atoms with E-state index in [1.165, 1.54) is 11.1 Å². The van der Waals surface area contributed by atoms with Gasteiger partial charge in [0.15, 0.2) is 0 Å². The van der Waals surface area contributed by atoms with Crippen molar-refractivity contribution < 1.29 is 5.11 Å². The number of aromatic hydroxyl groups is 1. The van der Waals surface area contributed by atoms with E-state index in [0.717, 1.165) is 12.8 Å². The summed E-state index contributed by atoms with van der Waals surface area (Å²) < 4.78 is 0. The van der Waals surface area contributed by atoms with Gasteiger partial charge in [-0.3, -0.25) is 0 Å². The Morgan fingerprint density at radius 2 is 2.27 bits per heavy atom. The van der Waals surface area contributed by atoms with Gasteiger partial charge in [-0.05, 0) is 36.1 Å². The molecule has 0 bridgehead atoms. The largest absolute Gasteiger partial charge is 0.508 e. The van der Waals surface area contributed by atoms with Crippen LogP contribution in [0.1, 0.15) is 22.8 Å². The predicted molar refractivity (Wildman–Crippen MR) is 48.2 cm³/mol. The summed E-state index contributed by atoms with van der Waals surface area (Å²) in [5, 5.41) is 9.51. The second kappa shape index (κ2) is 2.45. The highest BCUT2D eigenvalue weighted by molar-refractivity contribution is 7.80. The van der Waals surface area contributed by atoms with Gasteiger partial charge in [0.2, 0.25) is 0 Å². The number of rotatable bonds is 0. The molecule has 1 unspecified atom stereocenters. The first-order chi connectivity index (χ1) is 5.27. The fourth-order valence-electron chi connectivity index (χ4n) is 1.57. The van der Waals surface area contributed by atoms with Crippen molar-refractivity contribution in [2.24, 2.45) is 0 Å². The van der Waals surface area contributed by atoms with Crippen molar-refractivity contribution in [1.29, 1.82) is 0 Å². The Balaban J connectivity index is 2.52. The Morgan fingerprint density at radius 1 is 1.45 bits per heavy atom. The first kappa shape index (κ1) is 7.04. The molecule has 0 saturated carbocycles. The number of aryl methyl sites for hydroxylation is 1. The van der Waals surface area contributed by atoms with E-state index in [9.17, 15) is 5.11 Å². The molecule has 0 radical (unpaired) electrons. The molecule has 1 aliphatic carbocycles. The van der Waals surface area contributed by atoms with Gasteiger partial charge >= 0.3 is 0 Å². The van der Waals surface area contributed by atoms with Crippen LogP contribution in [0.2, 0.25) is 0 Å². The Labute approximate surface area is 71.5 Å². The third-order valence-electron chi connectivity index (χ3n) is 2.18. The Hall–Kier alpha value is -0.630. The lowest BCUT2D eigenvalue weighted by Crippen LogP contribution is -1.82. The van der Waals surface area contributed by atoms with Crippen LogP contribution in [0.4, 0.5) is 0 Å². The molecule has 1 aromatic rings. The average molecular weight is 166 g/mol. The number of phenolic OH excluding ortho intramolecular Hbond substituents is 1. The van der Waals surface area contributed by atoms with Gasteiger partial charge in [-0.2, -0.15) is 12.6 Å². The van der Waals surface area contributed by atoms with Gasteiger partial charge in [0, 0.05) is 5.25 Å². The number of benzene rings is 1. The molecule has 1 atom stereocenters. The molecule has 0 spiro atoms. The van der Waals surface area contributed by atoms with Gasteiger partial charge in [-0.25, -0.2) is 0 Å². The molecule has 0 aliphatic heterocycles. The molecule has 0 saturated heterocycles. The van der Waals surface area contributed by atoms with Crippen molar-refractivity contribution in [2.75, 3.05) is 0 Å². The lowest BCUT2D eigenvalue weighted by molar-refractivity contribution is 0.474. The summed E-state index contributed by atoms with van der Waals surface area (Å²) in [6.07, 6.45) is 2.20. The van der Waals surface area contributed by atoms with Crippen molar-refractivity contribution in [3.8, 4) is 5.75 Å². The van der Waals surface area contributed by atoms with E-state index in [-0.39, 0.29) is 0 Å². The van der Waals surface area contributed by atoms with Gasteiger partial charge < -0.3 is 5.11 Å². The topological polar surface area (TPSA) is 20.2 Å². The summed E-state index contributed by atoms with van der Waals surface area (Å²) in [5.41, 5.74) is 2.54. The molecule has 1 aromatic carbocycles. The molecule has 0 heterocycles. The van der Waals surface area contributed by atoms with Crippen molar-refractivity contribution in [3.63, 3.8) is 0 Å². The zero-order valence-corrected chi connectivity index (χ0v) is 7.01. The third-order valence-corrected chi connectivity index (χ3v) is 2.71. The molecular weight excluding hydrogens is 156 g/mol. The maximum Gasteiger partial charge on any atom is 0.115 e. The van der Waals surface area contributed by atoms with E-state index in [2.05, 4.69) is 12.6 Å². The van der Waals surface area contributed by atoms with Gasteiger partial charge in [0.25, 0.3) is 0 Å². The summed E-state index contributed by atoms with van der Waals surface area (Å²) in [6.45, 7) is 0. The van der Waals surface area contributed by atoms with Crippen LogP contribution in [0, 0.1) is 0 Å². The molecule has 0 fully saturated rings. The highest BCUT2D eigenvalue weighted by Gasteiger charge is 2.18. The number of phenols is 1. The minimum atomic E-state index is 0.331. The SMILES string of the molecule is Oc1ccc2c(c1)C(S)CC2. The van der Waals surface area contributed by atoms with Crippen LogP contribution < -0.4 is 0 Å². The van der Waals surface area contributed by atoms with Gasteiger partial charge in [0.1, 0.15) is 5.75 Å². The zero-order chi connectivity index (χ0) is 7.84. The summed E-state index contributed by atoms with van der Waals surface area (Å²) in [6, 6.07) is 5.55. The predicted octanol–water partition coefficient (Wildman–Crippen LogP) is 2.31. The van der Waals surface area contributed by atoms with E-state index in [4.69, 9.17) is 0 Å². The Kier molecular flexibility index (Phi) is 1.57. The number of hydrogen-bond acceptors (Lipinski definition) is 2. The lowest BCUT2D eigenvalue weighted by Gasteiger charge is -2.02. The van der Waals surface area contributed by atoms with E-state index < -0.39 is 0 Å². The number of thiol groups is 1. The van der Waals surface area contributed by atoms with Crippen LogP contribution in [0.25, 0.3) is 0 Å². The minimum Gasteiger partial charge on any atom is -0.508 e. The Morgan fingerprint density at radius 3 is 3.09 bits per heavy atom. The summed E-state index contributed by atoms with van der Waals surface area (Å²) in [7, 11) is 0. The van der Waals surface area contributed by atoms with Crippen LogP contribution in [0.15, 0.2) is 18.2 Å². The summed E-state index contributed by atoms with van der Waals surface area (Å²) in [4.78, 5) is 0. The van der Waals surface area contributed by atoms with Crippen LogP contribution >= 0.6 is 12.6 Å². The molecule has 0 aromatic heterocycles. The first-order valence-corrected chi connectivity index (χ1v) is 4.29. The van der Waals surface area contributed by atoms with Gasteiger partial charge in [-0.1, -0.05) is 6.07 Å². The van der Waals surface area contributed by atoms with E-state index in [1.807, 2.05) is 12.1 Å². The third kappa shape index (κ3) is 1.11. The van der Waals surface area contributed by atoms with E-state index in [0.29, 0.717) is 11.0 Å². The van der Waals surface area contributed by atoms with Crippen LogP contribution in [0.3, 0.4) is 0 Å². The average Bonchev–Trinajstić information content (AvgIpc) is 2.33. The fourth-order valence-corrected chi connectivity index (χ4v) is 1.94. The standard InChI is InChI=1S/C9H10OS/c10-7-3-1-6-2-4-9(11)8(6)5-7/h1,3,5,9-11H,2,4H2. The highest BCUT2D eigenvalue weighted by atomic mass is 32.1. The lowest BCUT2D eigenvalue weighted by atomic mass is 10.1. The van der Waals surface area contributed by atoms with Crippen molar-refractivity contribution in [1.82, 2.24) is 0 Å². The molecule has 1 nitrogen and oxygen atoms in total. The van der Waals surface area contributed by atoms with E-state index in [1.54, 1.807) is 6.07 Å². The first-order valence-electron chi connectivity index (χ1n) is 3.77. The van der Waals surface area contributed by atoms with Crippen molar-refractivity contribution >= 4 is 12.6 Å².